The minimum absolute atomic E-state index is 0.0252. The van der Waals surface area contributed by atoms with E-state index < -0.39 is 11.9 Å². The van der Waals surface area contributed by atoms with Crippen molar-refractivity contribution in [3.63, 3.8) is 0 Å². The fourth-order valence-corrected chi connectivity index (χ4v) is 8.49. The molecule has 0 saturated heterocycles. The van der Waals surface area contributed by atoms with E-state index in [2.05, 4.69) is 36.4 Å². The fourth-order valence-electron chi connectivity index (χ4n) is 7.94. The van der Waals surface area contributed by atoms with Crippen LogP contribution < -0.4 is 0 Å². The smallest absolute Gasteiger partial charge is 0.338 e. The van der Waals surface area contributed by atoms with Gasteiger partial charge in [-0.05, 0) is 115 Å². The Morgan fingerprint density at radius 3 is 2.62 bits per heavy atom. The zero-order valence-electron chi connectivity index (χ0n) is 20.1. The number of rotatable bonds is 3. The lowest BCUT2D eigenvalue weighted by Crippen LogP contribution is -2.53. The number of benzene rings is 1. The summed E-state index contributed by atoms with van der Waals surface area (Å²) in [5, 5.41) is 0. The van der Waals surface area contributed by atoms with Crippen LogP contribution in [0.3, 0.4) is 0 Å². The Labute approximate surface area is 215 Å². The van der Waals surface area contributed by atoms with Crippen molar-refractivity contribution in [1.29, 1.82) is 0 Å². The van der Waals surface area contributed by atoms with Crippen molar-refractivity contribution in [3.8, 4) is 0 Å². The van der Waals surface area contributed by atoms with Gasteiger partial charge < -0.3 is 9.47 Å². The van der Waals surface area contributed by atoms with Crippen molar-refractivity contribution in [2.75, 3.05) is 7.11 Å². The van der Waals surface area contributed by atoms with Gasteiger partial charge in [0.25, 0.3) is 0 Å². The van der Waals surface area contributed by atoms with Crippen molar-refractivity contribution < 1.29 is 23.9 Å². The molecule has 6 heteroatoms. The second-order valence-electron chi connectivity index (χ2n) is 11.2. The van der Waals surface area contributed by atoms with Gasteiger partial charge in [0.05, 0.1) is 12.7 Å². The predicted molar refractivity (Wildman–Crippen MR) is 136 cm³/mol. The number of halogens is 1. The SMILES string of the molecule is COC(=O)C1C[C@@]2(C)C(=CC1=O)CC[C@@H]1[C@H]2CC[C@]2(C)C(OC(=O)c3cccc(I)c3)CC[C@@H]12. The van der Waals surface area contributed by atoms with E-state index in [4.69, 9.17) is 9.47 Å². The van der Waals surface area contributed by atoms with Crippen LogP contribution in [-0.2, 0) is 19.1 Å². The predicted octanol–water partition coefficient (Wildman–Crippen LogP) is 5.75. The molecule has 3 fully saturated rings. The molecule has 2 unspecified atom stereocenters. The number of hydrogen-bond acceptors (Lipinski definition) is 5. The largest absolute Gasteiger partial charge is 0.468 e. The second-order valence-corrected chi connectivity index (χ2v) is 12.5. The first kappa shape index (κ1) is 24.0. The summed E-state index contributed by atoms with van der Waals surface area (Å²) in [6.45, 7) is 4.59. The molecule has 4 aliphatic rings. The highest BCUT2D eigenvalue weighted by atomic mass is 127. The first-order valence-electron chi connectivity index (χ1n) is 12.5. The van der Waals surface area contributed by atoms with Gasteiger partial charge in [0.15, 0.2) is 5.78 Å². The van der Waals surface area contributed by atoms with E-state index in [1.165, 1.54) is 12.7 Å². The third-order valence-electron chi connectivity index (χ3n) is 9.73. The maximum absolute atomic E-state index is 12.9. The molecule has 1 aromatic rings. The van der Waals surface area contributed by atoms with E-state index in [-0.39, 0.29) is 28.7 Å². The van der Waals surface area contributed by atoms with Gasteiger partial charge in [0.1, 0.15) is 12.0 Å². The quantitative estimate of drug-likeness (QED) is 0.261. The van der Waals surface area contributed by atoms with Crippen LogP contribution in [0.2, 0.25) is 0 Å². The molecule has 4 aliphatic carbocycles. The lowest BCUT2D eigenvalue weighted by Gasteiger charge is -2.58. The molecule has 0 bridgehead atoms. The Hall–Kier alpha value is -1.70. The van der Waals surface area contributed by atoms with E-state index in [1.54, 1.807) is 6.08 Å². The molecule has 182 valence electrons. The standard InChI is InChI=1S/C28H33IO5/c1-27-12-11-22-19(8-7-17-14-23(30)20(26(32)33-3)15-28(17,22)2)21(27)9-10-24(27)34-25(31)16-5-4-6-18(29)13-16/h4-6,13-14,19-22,24H,7-12,15H2,1-3H3/t19-,20?,21-,22+,24?,27-,28-/m0/s1. The minimum Gasteiger partial charge on any atom is -0.468 e. The molecule has 0 amide bonds. The minimum atomic E-state index is -0.684. The summed E-state index contributed by atoms with van der Waals surface area (Å²) in [7, 11) is 1.36. The van der Waals surface area contributed by atoms with Crippen molar-refractivity contribution in [1.82, 2.24) is 0 Å². The molecule has 7 atom stereocenters. The topological polar surface area (TPSA) is 69.7 Å². The molecule has 0 heterocycles. The third-order valence-corrected chi connectivity index (χ3v) is 10.4. The molecule has 0 radical (unpaired) electrons. The summed E-state index contributed by atoms with van der Waals surface area (Å²) < 4.78 is 12.1. The van der Waals surface area contributed by atoms with Crippen molar-refractivity contribution in [2.45, 2.75) is 64.9 Å². The van der Waals surface area contributed by atoms with Crippen LogP contribution in [0.5, 0.6) is 0 Å². The van der Waals surface area contributed by atoms with Gasteiger partial charge in [-0.25, -0.2) is 4.79 Å². The summed E-state index contributed by atoms with van der Waals surface area (Å²) in [6.07, 6.45) is 8.24. The summed E-state index contributed by atoms with van der Waals surface area (Å²) in [6, 6.07) is 7.58. The summed E-state index contributed by atoms with van der Waals surface area (Å²) in [5.74, 6) is 0.0451. The third kappa shape index (κ3) is 3.75. The zero-order valence-corrected chi connectivity index (χ0v) is 22.3. The fraction of sp³-hybridized carbons (Fsp3) is 0.607. The average Bonchev–Trinajstić information content (AvgIpc) is 3.14. The normalized spacial score (nSPS) is 38.8. The highest BCUT2D eigenvalue weighted by Crippen LogP contribution is 2.66. The Kier molecular flexibility index (Phi) is 6.18. The first-order chi connectivity index (χ1) is 16.2. The van der Waals surface area contributed by atoms with E-state index >= 15 is 0 Å². The molecule has 1 aromatic carbocycles. The molecule has 0 aliphatic heterocycles. The van der Waals surface area contributed by atoms with Crippen molar-refractivity contribution >= 4 is 40.3 Å². The Balaban J connectivity index is 1.37. The van der Waals surface area contributed by atoms with Crippen LogP contribution in [0.1, 0.15) is 69.2 Å². The lowest BCUT2D eigenvalue weighted by molar-refractivity contribution is -0.152. The summed E-state index contributed by atoms with van der Waals surface area (Å²) >= 11 is 2.22. The van der Waals surface area contributed by atoms with Crippen LogP contribution in [0.25, 0.3) is 0 Å². The van der Waals surface area contributed by atoms with Crippen LogP contribution in [0.15, 0.2) is 35.9 Å². The molecule has 5 nitrogen and oxygen atoms in total. The van der Waals surface area contributed by atoms with Gasteiger partial charge in [0.2, 0.25) is 0 Å². The number of hydrogen-bond donors (Lipinski definition) is 0. The monoisotopic (exact) mass is 576 g/mol. The van der Waals surface area contributed by atoms with E-state index in [0.29, 0.717) is 29.7 Å². The highest BCUT2D eigenvalue weighted by molar-refractivity contribution is 14.1. The molecular weight excluding hydrogens is 543 g/mol. The molecule has 5 rings (SSSR count). The molecule has 0 N–H and O–H groups in total. The number of methoxy groups -OCH3 is 1. The van der Waals surface area contributed by atoms with Gasteiger partial charge in [0, 0.05) is 8.99 Å². The number of carbonyl (C=O) groups is 3. The van der Waals surface area contributed by atoms with Gasteiger partial charge in [-0.1, -0.05) is 25.5 Å². The molecular formula is C28H33IO5. The van der Waals surface area contributed by atoms with Crippen molar-refractivity contribution in [2.24, 2.45) is 34.5 Å². The number of fused-ring (bicyclic) bond motifs is 5. The Morgan fingerprint density at radius 1 is 1.09 bits per heavy atom. The average molecular weight is 576 g/mol. The maximum Gasteiger partial charge on any atom is 0.338 e. The van der Waals surface area contributed by atoms with E-state index in [0.717, 1.165) is 42.1 Å². The van der Waals surface area contributed by atoms with Gasteiger partial charge in [-0.3, -0.25) is 9.59 Å². The number of carbonyl (C=O) groups excluding carboxylic acids is 3. The lowest BCUT2D eigenvalue weighted by atomic mass is 9.46. The van der Waals surface area contributed by atoms with Crippen molar-refractivity contribution in [3.05, 3.63) is 45.0 Å². The summed E-state index contributed by atoms with van der Waals surface area (Å²) in [5.41, 5.74) is 1.67. The molecule has 0 spiro atoms. The molecule has 34 heavy (non-hydrogen) atoms. The van der Waals surface area contributed by atoms with Gasteiger partial charge >= 0.3 is 11.9 Å². The highest BCUT2D eigenvalue weighted by Gasteiger charge is 2.61. The molecule has 3 saturated carbocycles. The van der Waals surface area contributed by atoms with Crippen LogP contribution in [0.4, 0.5) is 0 Å². The molecule has 0 aromatic heterocycles. The second kappa shape index (κ2) is 8.75. The summed E-state index contributed by atoms with van der Waals surface area (Å²) in [4.78, 5) is 37.9. The Bertz CT molecular complexity index is 1060. The maximum atomic E-state index is 12.9. The number of esters is 2. The van der Waals surface area contributed by atoms with Crippen LogP contribution >= 0.6 is 22.6 Å². The number of ether oxygens (including phenoxy) is 2. The van der Waals surface area contributed by atoms with Gasteiger partial charge in [-0.15, -0.1) is 0 Å². The number of ketones is 1. The zero-order chi connectivity index (χ0) is 24.3. The van der Waals surface area contributed by atoms with Crippen LogP contribution in [0, 0.1) is 38.1 Å². The van der Waals surface area contributed by atoms with E-state index in [9.17, 15) is 14.4 Å². The van der Waals surface area contributed by atoms with Crippen LogP contribution in [-0.4, -0.2) is 30.9 Å². The van der Waals surface area contributed by atoms with Gasteiger partial charge in [-0.2, -0.15) is 0 Å². The number of allylic oxidation sites excluding steroid dienone is 1. The van der Waals surface area contributed by atoms with E-state index in [1.807, 2.05) is 24.3 Å². The Morgan fingerprint density at radius 2 is 1.88 bits per heavy atom. The first-order valence-corrected chi connectivity index (χ1v) is 13.5.